The quantitative estimate of drug-likeness (QED) is 0.750. The highest BCUT2D eigenvalue weighted by molar-refractivity contribution is 6.05. The number of carbonyl (C=O) groups is 2. The van der Waals surface area contributed by atoms with Crippen LogP contribution in [0.1, 0.15) is 38.5 Å². The molecule has 2 amide bonds. The van der Waals surface area contributed by atoms with Crippen LogP contribution >= 0.6 is 0 Å². The number of piperidine rings is 1. The number of likely N-dealkylation sites (tertiary alicyclic amines) is 2. The van der Waals surface area contributed by atoms with E-state index in [4.69, 9.17) is 9.47 Å². The van der Waals surface area contributed by atoms with E-state index < -0.39 is 0 Å². The Kier molecular flexibility index (Phi) is 4.75. The number of para-hydroxylation sites is 2. The Morgan fingerprint density at radius 1 is 0.929 bits per heavy atom. The van der Waals surface area contributed by atoms with Crippen LogP contribution in [-0.2, 0) is 9.59 Å². The summed E-state index contributed by atoms with van der Waals surface area (Å²) in [7, 11) is 0. The molecule has 6 nitrogen and oxygen atoms in total. The van der Waals surface area contributed by atoms with Crippen molar-refractivity contribution in [2.45, 2.75) is 50.7 Å². The molecule has 4 atom stereocenters. The van der Waals surface area contributed by atoms with E-state index in [-0.39, 0.29) is 35.8 Å². The van der Waals surface area contributed by atoms with Gasteiger partial charge in [0.25, 0.3) is 0 Å². The highest BCUT2D eigenvalue weighted by atomic mass is 16.6. The number of carbonyl (C=O) groups excluding carboxylic acids is 2. The van der Waals surface area contributed by atoms with Gasteiger partial charge in [0.15, 0.2) is 11.5 Å². The first-order chi connectivity index (χ1) is 13.7. The molecule has 5 rings (SSSR count). The summed E-state index contributed by atoms with van der Waals surface area (Å²) in [6, 6.07) is 7.76. The summed E-state index contributed by atoms with van der Waals surface area (Å²) >= 11 is 0. The summed E-state index contributed by atoms with van der Waals surface area (Å²) in [5.74, 6) is 1.67. The molecule has 3 fully saturated rings. The second-order valence-corrected chi connectivity index (χ2v) is 8.60. The molecule has 0 aromatic heterocycles. The van der Waals surface area contributed by atoms with Crippen molar-refractivity contribution in [3.63, 3.8) is 0 Å². The van der Waals surface area contributed by atoms with E-state index in [1.54, 1.807) is 4.90 Å². The molecular formula is C22H28N2O4. The molecule has 1 aromatic rings. The molecular weight excluding hydrogens is 356 g/mol. The monoisotopic (exact) mass is 384 g/mol. The molecule has 0 N–H and O–H groups in total. The van der Waals surface area contributed by atoms with Crippen molar-refractivity contribution < 1.29 is 19.1 Å². The molecule has 1 aromatic carbocycles. The second kappa shape index (κ2) is 7.39. The Labute approximate surface area is 165 Å². The van der Waals surface area contributed by atoms with Crippen LogP contribution in [0.5, 0.6) is 11.5 Å². The van der Waals surface area contributed by atoms with Crippen molar-refractivity contribution >= 4 is 11.8 Å². The number of fused-ring (bicyclic) bond motifs is 2. The first-order valence-electron chi connectivity index (χ1n) is 10.7. The topological polar surface area (TPSA) is 59.1 Å². The van der Waals surface area contributed by atoms with Gasteiger partial charge in [-0.3, -0.25) is 19.4 Å². The molecule has 0 spiro atoms. The normalized spacial score (nSPS) is 33.1. The van der Waals surface area contributed by atoms with Crippen molar-refractivity contribution in [2.24, 2.45) is 11.8 Å². The number of imide groups is 1. The van der Waals surface area contributed by atoms with Gasteiger partial charge in [0.2, 0.25) is 11.8 Å². The van der Waals surface area contributed by atoms with Gasteiger partial charge in [-0.15, -0.1) is 0 Å². The summed E-state index contributed by atoms with van der Waals surface area (Å²) in [4.78, 5) is 29.8. The van der Waals surface area contributed by atoms with Crippen LogP contribution in [0.3, 0.4) is 0 Å². The lowest BCUT2D eigenvalue weighted by molar-refractivity contribution is -0.144. The number of ether oxygens (including phenoxy) is 2. The van der Waals surface area contributed by atoms with Gasteiger partial charge in [-0.1, -0.05) is 25.0 Å². The first kappa shape index (κ1) is 18.0. The Bertz CT molecular complexity index is 743. The zero-order chi connectivity index (χ0) is 19.1. The molecule has 0 unspecified atom stereocenters. The van der Waals surface area contributed by atoms with E-state index >= 15 is 0 Å². The predicted molar refractivity (Wildman–Crippen MR) is 103 cm³/mol. The number of hydrogen-bond donors (Lipinski definition) is 0. The molecule has 2 saturated heterocycles. The molecule has 4 aliphatic rings. The summed E-state index contributed by atoms with van der Waals surface area (Å²) in [6.07, 6.45) is 5.81. The van der Waals surface area contributed by atoms with Crippen molar-refractivity contribution in [1.82, 2.24) is 9.80 Å². The SMILES string of the molecule is O=C1[C@H]2CCCC[C@H]2C(=O)N1[C@H]1CCCN(C[C@H]2COc3ccccc3O2)C1. The molecule has 3 heterocycles. The Balaban J connectivity index is 1.23. The van der Waals surface area contributed by atoms with E-state index in [2.05, 4.69) is 4.90 Å². The smallest absolute Gasteiger partial charge is 0.233 e. The molecule has 1 saturated carbocycles. The lowest BCUT2D eigenvalue weighted by Crippen LogP contribution is -2.53. The Morgan fingerprint density at radius 2 is 1.64 bits per heavy atom. The average molecular weight is 384 g/mol. The van der Waals surface area contributed by atoms with Gasteiger partial charge in [-0.25, -0.2) is 0 Å². The molecule has 150 valence electrons. The van der Waals surface area contributed by atoms with Gasteiger partial charge in [0.1, 0.15) is 12.7 Å². The van der Waals surface area contributed by atoms with Gasteiger partial charge in [0.05, 0.1) is 17.9 Å². The Hall–Kier alpha value is -2.08. The minimum Gasteiger partial charge on any atom is -0.486 e. The third-order valence-corrected chi connectivity index (χ3v) is 6.75. The number of benzene rings is 1. The summed E-state index contributed by atoms with van der Waals surface area (Å²) < 4.78 is 11.9. The fourth-order valence-electron chi connectivity index (χ4n) is 5.40. The van der Waals surface area contributed by atoms with E-state index in [1.807, 2.05) is 24.3 Å². The van der Waals surface area contributed by atoms with Gasteiger partial charge in [-0.2, -0.15) is 0 Å². The van der Waals surface area contributed by atoms with Gasteiger partial charge in [-0.05, 0) is 44.4 Å². The molecule has 28 heavy (non-hydrogen) atoms. The van der Waals surface area contributed by atoms with Crippen LogP contribution in [0.4, 0.5) is 0 Å². The van der Waals surface area contributed by atoms with Crippen molar-refractivity contribution in [1.29, 1.82) is 0 Å². The fourth-order valence-corrected chi connectivity index (χ4v) is 5.40. The maximum absolute atomic E-state index is 12.9. The maximum atomic E-state index is 12.9. The minimum atomic E-state index is -0.0526. The summed E-state index contributed by atoms with van der Waals surface area (Å²) in [6.45, 7) is 3.01. The number of nitrogens with zero attached hydrogens (tertiary/aromatic N) is 2. The number of rotatable bonds is 3. The largest absolute Gasteiger partial charge is 0.486 e. The summed E-state index contributed by atoms with van der Waals surface area (Å²) in [5.41, 5.74) is 0. The van der Waals surface area contributed by atoms with Crippen molar-refractivity contribution in [3.05, 3.63) is 24.3 Å². The third-order valence-electron chi connectivity index (χ3n) is 6.75. The average Bonchev–Trinajstić information content (AvgIpc) is 2.99. The van der Waals surface area contributed by atoms with Crippen LogP contribution in [0, 0.1) is 11.8 Å². The number of amides is 2. The van der Waals surface area contributed by atoms with E-state index in [0.29, 0.717) is 6.61 Å². The van der Waals surface area contributed by atoms with E-state index in [9.17, 15) is 9.59 Å². The van der Waals surface area contributed by atoms with Crippen LogP contribution in [0.2, 0.25) is 0 Å². The minimum absolute atomic E-state index is 0.0103. The summed E-state index contributed by atoms with van der Waals surface area (Å²) in [5, 5.41) is 0. The third kappa shape index (κ3) is 3.17. The zero-order valence-electron chi connectivity index (χ0n) is 16.2. The van der Waals surface area contributed by atoms with Gasteiger partial charge < -0.3 is 9.47 Å². The highest BCUT2D eigenvalue weighted by Gasteiger charge is 2.50. The zero-order valence-corrected chi connectivity index (χ0v) is 16.2. The number of hydrogen-bond acceptors (Lipinski definition) is 5. The first-order valence-corrected chi connectivity index (χ1v) is 10.7. The fraction of sp³-hybridized carbons (Fsp3) is 0.636. The molecule has 0 radical (unpaired) electrons. The van der Waals surface area contributed by atoms with Crippen molar-refractivity contribution in [3.8, 4) is 11.5 Å². The Morgan fingerprint density at radius 3 is 2.39 bits per heavy atom. The van der Waals surface area contributed by atoms with E-state index in [1.165, 1.54) is 0 Å². The molecule has 1 aliphatic carbocycles. The molecule has 3 aliphatic heterocycles. The van der Waals surface area contributed by atoms with Crippen LogP contribution in [0.25, 0.3) is 0 Å². The van der Waals surface area contributed by atoms with Crippen LogP contribution in [-0.4, -0.2) is 60.0 Å². The van der Waals surface area contributed by atoms with Gasteiger partial charge in [0, 0.05) is 13.1 Å². The van der Waals surface area contributed by atoms with Crippen molar-refractivity contribution in [2.75, 3.05) is 26.2 Å². The van der Waals surface area contributed by atoms with E-state index in [0.717, 1.165) is 69.7 Å². The standard InChI is InChI=1S/C22H28N2O4/c25-21-17-7-1-2-8-18(17)22(26)24(21)15-6-5-11-23(12-15)13-16-14-27-19-9-3-4-10-20(19)28-16/h3-4,9-10,15-18H,1-2,5-8,11-14H2/t15-,16-,17-,18+/m0/s1. The molecule has 6 heteroatoms. The van der Waals surface area contributed by atoms with Crippen LogP contribution < -0.4 is 9.47 Å². The highest BCUT2D eigenvalue weighted by Crippen LogP contribution is 2.40. The maximum Gasteiger partial charge on any atom is 0.233 e. The van der Waals surface area contributed by atoms with Crippen LogP contribution in [0.15, 0.2) is 24.3 Å². The van der Waals surface area contributed by atoms with Gasteiger partial charge >= 0.3 is 0 Å². The predicted octanol–water partition coefficient (Wildman–Crippen LogP) is 2.47. The molecule has 0 bridgehead atoms. The lowest BCUT2D eigenvalue weighted by atomic mass is 9.81. The lowest BCUT2D eigenvalue weighted by Gasteiger charge is -2.39. The second-order valence-electron chi connectivity index (χ2n) is 8.60.